The normalized spacial score (nSPS) is 28.5. The van der Waals surface area contributed by atoms with E-state index in [0.29, 0.717) is 29.4 Å². The lowest BCUT2D eigenvalue weighted by atomic mass is 9.75. The number of anilines is 1. The van der Waals surface area contributed by atoms with Crippen LogP contribution in [0.15, 0.2) is 21.8 Å². The van der Waals surface area contributed by atoms with Crippen molar-refractivity contribution >= 4 is 57.1 Å². The Morgan fingerprint density at radius 3 is 2.07 bits per heavy atom. The molecule has 1 aromatic rings. The largest absolute Gasteiger partial charge is 0.458 e. The third-order valence-corrected chi connectivity index (χ3v) is 13.5. The van der Waals surface area contributed by atoms with Crippen molar-refractivity contribution in [2.24, 2.45) is 40.5 Å². The number of thioether (sulfide) groups is 1. The van der Waals surface area contributed by atoms with Gasteiger partial charge in [-0.05, 0) is 105 Å². The molecule has 13 nitrogen and oxygen atoms in total. The molecule has 0 aromatic carbocycles. The molecule has 2 fully saturated rings. The highest BCUT2D eigenvalue weighted by molar-refractivity contribution is 8.00. The van der Waals surface area contributed by atoms with Gasteiger partial charge in [-0.3, -0.25) is 14.1 Å². The van der Waals surface area contributed by atoms with Crippen LogP contribution in [-0.4, -0.2) is 70.5 Å². The fraction of sp³-hybridized carbons (Fsp3) is 0.700. The Bertz CT molecular complexity index is 1800. The molecule has 2 heterocycles. The Kier molecular flexibility index (Phi) is 16.0. The summed E-state index contributed by atoms with van der Waals surface area (Å²) in [6.07, 6.45) is 3.77. The van der Waals surface area contributed by atoms with Gasteiger partial charge in [0.15, 0.2) is 5.83 Å². The number of rotatable bonds is 15. The number of hydrogen-bond donors (Lipinski definition) is 4. The first-order valence-electron chi connectivity index (χ1n) is 19.8. The predicted molar refractivity (Wildman–Crippen MR) is 217 cm³/mol. The third-order valence-electron chi connectivity index (χ3n) is 11.2. The quantitative estimate of drug-likeness (QED) is 0.0450. The number of carbonyl (C=O) groups is 3. The summed E-state index contributed by atoms with van der Waals surface area (Å²) in [5, 5.41) is 4.80. The van der Waals surface area contributed by atoms with Crippen LogP contribution in [0.3, 0.4) is 0 Å². The van der Waals surface area contributed by atoms with Crippen molar-refractivity contribution in [3.8, 4) is 0 Å². The SMILES string of the molecule is CCC(SCCCS(=O)(=O)O)C(=O)NC1=NC(=C(F)c2[nH]c(NC(C)=O)c(COOC3C(C)CC(C)CC3C)c2C)C(C)=C1C(=O)OC1C(C)CC(C)CC1C. The number of hydrogen-bond acceptors (Lipinski definition) is 10. The summed E-state index contributed by atoms with van der Waals surface area (Å²) in [7, 11) is -4.14. The Labute approximate surface area is 335 Å². The van der Waals surface area contributed by atoms with Crippen LogP contribution < -0.4 is 10.6 Å². The van der Waals surface area contributed by atoms with Crippen molar-refractivity contribution in [3.63, 3.8) is 0 Å². The molecular formula is C40H61FN4O9S2. The molecule has 0 bridgehead atoms. The summed E-state index contributed by atoms with van der Waals surface area (Å²) < 4.78 is 54.5. The zero-order valence-electron chi connectivity index (χ0n) is 34.4. The number of carbonyl (C=O) groups excluding carboxylic acids is 3. The molecule has 3 aliphatic rings. The Morgan fingerprint density at radius 1 is 0.964 bits per heavy atom. The smallest absolute Gasteiger partial charge is 0.342 e. The lowest BCUT2D eigenvalue weighted by Gasteiger charge is -2.37. The fourth-order valence-electron chi connectivity index (χ4n) is 8.74. The summed E-state index contributed by atoms with van der Waals surface area (Å²) in [4.78, 5) is 59.1. The first kappa shape index (κ1) is 45.6. The van der Waals surface area contributed by atoms with E-state index >= 15 is 4.39 Å². The van der Waals surface area contributed by atoms with Crippen molar-refractivity contribution in [1.82, 2.24) is 10.3 Å². The molecule has 2 amide bonds. The van der Waals surface area contributed by atoms with Gasteiger partial charge in [-0.1, -0.05) is 48.5 Å². The molecule has 1 aliphatic heterocycles. The van der Waals surface area contributed by atoms with E-state index in [9.17, 15) is 22.8 Å². The monoisotopic (exact) mass is 824 g/mol. The molecule has 5 atom stereocenters. The lowest BCUT2D eigenvalue weighted by Crippen LogP contribution is -2.41. The van der Waals surface area contributed by atoms with Gasteiger partial charge in [-0.25, -0.2) is 24.0 Å². The molecule has 0 saturated heterocycles. The molecule has 4 N–H and O–H groups in total. The van der Waals surface area contributed by atoms with Gasteiger partial charge in [-0.15, -0.1) is 11.8 Å². The molecule has 0 spiro atoms. The minimum absolute atomic E-state index is 0.00306. The van der Waals surface area contributed by atoms with Crippen LogP contribution in [0.5, 0.6) is 0 Å². The maximum absolute atomic E-state index is 16.9. The van der Waals surface area contributed by atoms with Gasteiger partial charge in [0.25, 0.3) is 10.1 Å². The lowest BCUT2D eigenvalue weighted by molar-refractivity contribution is -0.354. The average Bonchev–Trinajstić information content (AvgIpc) is 3.57. The van der Waals surface area contributed by atoms with Gasteiger partial charge in [0.05, 0.1) is 22.8 Å². The number of allylic oxidation sites excluding steroid dienone is 1. The molecule has 2 saturated carbocycles. The zero-order chi connectivity index (χ0) is 41.6. The van der Waals surface area contributed by atoms with Crippen LogP contribution in [0.4, 0.5) is 10.2 Å². The van der Waals surface area contributed by atoms with E-state index in [4.69, 9.17) is 19.1 Å². The number of nitrogens with zero attached hydrogens (tertiary/aromatic N) is 1. The zero-order valence-corrected chi connectivity index (χ0v) is 36.0. The van der Waals surface area contributed by atoms with E-state index in [1.807, 2.05) is 13.8 Å². The molecule has 0 radical (unpaired) electrons. The number of halogens is 1. The maximum Gasteiger partial charge on any atom is 0.342 e. The topological polar surface area (TPSA) is 185 Å². The van der Waals surface area contributed by atoms with E-state index in [2.05, 4.69) is 48.3 Å². The van der Waals surface area contributed by atoms with Gasteiger partial charge < -0.3 is 20.4 Å². The average molecular weight is 825 g/mol. The number of ether oxygens (including phenoxy) is 1. The number of amidine groups is 1. The maximum atomic E-state index is 16.9. The number of amides is 2. The number of H-pyrrole nitrogens is 1. The molecule has 1 aromatic heterocycles. The summed E-state index contributed by atoms with van der Waals surface area (Å²) in [6, 6.07) is 0. The van der Waals surface area contributed by atoms with E-state index in [1.54, 1.807) is 20.8 Å². The summed E-state index contributed by atoms with van der Waals surface area (Å²) >= 11 is 1.20. The van der Waals surface area contributed by atoms with Crippen molar-refractivity contribution in [2.45, 2.75) is 132 Å². The molecule has 2 aliphatic carbocycles. The Morgan fingerprint density at radius 2 is 1.54 bits per heavy atom. The Hall–Kier alpha value is -3.05. The highest BCUT2D eigenvalue weighted by atomic mass is 32.2. The predicted octanol–water partition coefficient (Wildman–Crippen LogP) is 7.69. The number of aromatic nitrogens is 1. The second-order valence-corrected chi connectivity index (χ2v) is 19.3. The van der Waals surface area contributed by atoms with Crippen molar-refractivity contribution < 1.29 is 46.3 Å². The van der Waals surface area contributed by atoms with Crippen LogP contribution in [0.1, 0.15) is 118 Å². The number of nitrogens with one attached hydrogen (secondary N) is 3. The number of aromatic amines is 1. The van der Waals surface area contributed by atoms with E-state index in [1.165, 1.54) is 18.7 Å². The van der Waals surface area contributed by atoms with Gasteiger partial charge >= 0.3 is 5.97 Å². The van der Waals surface area contributed by atoms with Crippen LogP contribution in [0.2, 0.25) is 0 Å². The van der Waals surface area contributed by atoms with Crippen molar-refractivity contribution in [1.29, 1.82) is 0 Å². The minimum atomic E-state index is -4.14. The molecule has 5 unspecified atom stereocenters. The van der Waals surface area contributed by atoms with Gasteiger partial charge in [0.1, 0.15) is 35.6 Å². The number of aliphatic imine (C=N–C) groups is 1. The summed E-state index contributed by atoms with van der Waals surface area (Å²) in [6.45, 7) is 19.0. The van der Waals surface area contributed by atoms with Gasteiger partial charge in [0.2, 0.25) is 11.8 Å². The fourth-order valence-corrected chi connectivity index (χ4v) is 10.5. The third kappa shape index (κ3) is 11.5. The summed E-state index contributed by atoms with van der Waals surface area (Å²) in [5.41, 5.74) is 0.798. The van der Waals surface area contributed by atoms with Gasteiger partial charge in [0, 0.05) is 12.5 Å². The highest BCUT2D eigenvalue weighted by Gasteiger charge is 2.39. The molecular weight excluding hydrogens is 764 g/mol. The second-order valence-electron chi connectivity index (χ2n) is 16.4. The van der Waals surface area contributed by atoms with Crippen LogP contribution >= 0.6 is 11.8 Å². The Balaban J connectivity index is 1.68. The molecule has 314 valence electrons. The van der Waals surface area contributed by atoms with Gasteiger partial charge in [-0.2, -0.15) is 8.42 Å². The van der Waals surface area contributed by atoms with E-state index < -0.39 is 44.9 Å². The van der Waals surface area contributed by atoms with E-state index in [-0.39, 0.29) is 88.7 Å². The second kappa shape index (κ2) is 19.6. The first-order valence-corrected chi connectivity index (χ1v) is 22.4. The van der Waals surface area contributed by atoms with Crippen LogP contribution in [0, 0.1) is 42.4 Å². The molecule has 56 heavy (non-hydrogen) atoms. The van der Waals surface area contributed by atoms with Crippen molar-refractivity contribution in [2.75, 3.05) is 16.8 Å². The standard InChI is InChI=1S/C40H61FN4O9S2/c1-11-30(55-13-12-14-56(49,50)51)39(47)45-38-31(40(48)53-35-22(4)15-20(2)16-23(35)5)27(9)34(44-38)32(41)33-26(8)29(37(43-33)42-28(10)46)19-52-54-36-24(6)17-21(3)18-25(36)7/h20-25,30,35-36,43H,11-19H2,1-10H3,(H,42,46)(H,44,45,47)(H,49,50,51). The minimum Gasteiger partial charge on any atom is -0.458 e. The molecule has 16 heteroatoms. The van der Waals surface area contributed by atoms with Crippen LogP contribution in [-0.2, 0) is 45.6 Å². The summed E-state index contributed by atoms with van der Waals surface area (Å²) in [5.74, 6) is -0.752. The van der Waals surface area contributed by atoms with E-state index in [0.717, 1.165) is 25.7 Å². The van der Waals surface area contributed by atoms with Crippen LogP contribution in [0.25, 0.3) is 5.83 Å². The first-order chi connectivity index (χ1) is 26.2. The molecule has 4 rings (SSSR count). The highest BCUT2D eigenvalue weighted by Crippen LogP contribution is 2.40. The number of esters is 1. The van der Waals surface area contributed by atoms with Crippen molar-refractivity contribution in [3.05, 3.63) is 33.7 Å².